The second-order valence-electron chi connectivity index (χ2n) is 7.72. The van der Waals surface area contributed by atoms with Crippen LogP contribution in [0.15, 0.2) is 0 Å². The highest BCUT2D eigenvalue weighted by Crippen LogP contribution is 2.47. The minimum absolute atomic E-state index is 0.0883. The number of amides is 1. The van der Waals surface area contributed by atoms with Crippen LogP contribution in [0.4, 0.5) is 0 Å². The summed E-state index contributed by atoms with van der Waals surface area (Å²) in [4.78, 5) is 26.6. The van der Waals surface area contributed by atoms with E-state index in [0.29, 0.717) is 0 Å². The van der Waals surface area contributed by atoms with E-state index >= 15 is 0 Å². The Morgan fingerprint density at radius 1 is 1.33 bits per heavy atom. The van der Waals surface area contributed by atoms with Gasteiger partial charge >= 0.3 is 0 Å². The van der Waals surface area contributed by atoms with Crippen LogP contribution in [0.1, 0.15) is 41.5 Å². The molecule has 6 heteroatoms. The van der Waals surface area contributed by atoms with Gasteiger partial charge in [0, 0.05) is 5.41 Å². The fourth-order valence-corrected chi connectivity index (χ4v) is 3.33. The highest BCUT2D eigenvalue weighted by Gasteiger charge is 2.73. The SMILES string of the molecule is CC(C)[C@H](O)[C@]12CO[C@H](C(C)(C)C)N1C(=O)C(C)(O)C2=O. The van der Waals surface area contributed by atoms with E-state index < -0.39 is 40.6 Å². The zero-order valence-electron chi connectivity index (χ0n) is 13.5. The monoisotopic (exact) mass is 299 g/mol. The molecule has 2 aliphatic rings. The number of ether oxygens (including phenoxy) is 1. The van der Waals surface area contributed by atoms with Gasteiger partial charge in [-0.15, -0.1) is 0 Å². The van der Waals surface area contributed by atoms with Gasteiger partial charge in [0.15, 0.2) is 5.54 Å². The molecule has 0 saturated carbocycles. The first kappa shape index (κ1) is 16.4. The number of rotatable bonds is 2. The Hall–Kier alpha value is -0.980. The smallest absolute Gasteiger partial charge is 0.265 e. The van der Waals surface area contributed by atoms with Crippen molar-refractivity contribution in [3.05, 3.63) is 0 Å². The van der Waals surface area contributed by atoms with Gasteiger partial charge in [0.25, 0.3) is 5.91 Å². The maximum Gasteiger partial charge on any atom is 0.265 e. The average Bonchev–Trinajstić information content (AvgIpc) is 2.81. The van der Waals surface area contributed by atoms with E-state index in [1.807, 2.05) is 20.8 Å². The van der Waals surface area contributed by atoms with Crippen LogP contribution in [-0.2, 0) is 14.3 Å². The van der Waals surface area contributed by atoms with E-state index in [4.69, 9.17) is 4.74 Å². The maximum atomic E-state index is 12.7. The molecule has 2 rings (SSSR count). The third-order valence-corrected chi connectivity index (χ3v) is 4.46. The third kappa shape index (κ3) is 1.96. The van der Waals surface area contributed by atoms with Gasteiger partial charge in [-0.05, 0) is 12.8 Å². The van der Waals surface area contributed by atoms with Crippen LogP contribution < -0.4 is 0 Å². The van der Waals surface area contributed by atoms with Crippen molar-refractivity contribution >= 4 is 11.7 Å². The minimum atomic E-state index is -2.11. The molecule has 120 valence electrons. The molecule has 0 aromatic carbocycles. The molecule has 0 spiro atoms. The van der Waals surface area contributed by atoms with Crippen LogP contribution in [0.5, 0.6) is 0 Å². The van der Waals surface area contributed by atoms with Crippen molar-refractivity contribution in [3.8, 4) is 0 Å². The number of carbonyl (C=O) groups is 2. The van der Waals surface area contributed by atoms with Gasteiger partial charge in [-0.3, -0.25) is 14.5 Å². The van der Waals surface area contributed by atoms with Crippen molar-refractivity contribution in [1.29, 1.82) is 0 Å². The summed E-state index contributed by atoms with van der Waals surface area (Å²) in [5.41, 5.74) is -4.04. The lowest BCUT2D eigenvalue weighted by molar-refractivity contribution is -0.156. The van der Waals surface area contributed by atoms with Gasteiger partial charge in [-0.1, -0.05) is 34.6 Å². The number of hydrogen-bond donors (Lipinski definition) is 2. The highest BCUT2D eigenvalue weighted by molar-refractivity contribution is 6.20. The molecule has 2 N–H and O–H groups in total. The van der Waals surface area contributed by atoms with Crippen LogP contribution in [0.2, 0.25) is 0 Å². The second kappa shape index (κ2) is 4.51. The average molecular weight is 299 g/mol. The summed E-state index contributed by atoms with van der Waals surface area (Å²) < 4.78 is 5.71. The lowest BCUT2D eigenvalue weighted by Gasteiger charge is -2.39. The first-order chi connectivity index (χ1) is 9.38. The normalized spacial score (nSPS) is 38.3. The largest absolute Gasteiger partial charge is 0.390 e. The Morgan fingerprint density at radius 2 is 1.86 bits per heavy atom. The molecule has 21 heavy (non-hydrogen) atoms. The Kier molecular flexibility index (Phi) is 3.52. The quantitative estimate of drug-likeness (QED) is 0.717. The summed E-state index contributed by atoms with van der Waals surface area (Å²) in [6.45, 7) is 10.3. The molecule has 6 nitrogen and oxygen atoms in total. The molecular weight excluding hydrogens is 274 g/mol. The predicted octanol–water partition coefficient (Wildman–Crippen LogP) is 0.307. The summed E-state index contributed by atoms with van der Waals surface area (Å²) >= 11 is 0. The van der Waals surface area contributed by atoms with Gasteiger partial charge < -0.3 is 14.9 Å². The molecule has 2 fully saturated rings. The Labute approximate surface area is 125 Å². The number of fused-ring (bicyclic) bond motifs is 1. The van der Waals surface area contributed by atoms with E-state index in [1.54, 1.807) is 13.8 Å². The standard InChI is InChI=1S/C15H25NO5/c1-8(2)9(17)15-7-21-12(13(3,4)5)16(15)11(19)14(6,20)10(15)18/h8-9,12,17,20H,7H2,1-6H3/t9-,12+,14?,15-/m0/s1. The Bertz CT molecular complexity index is 479. The predicted molar refractivity (Wildman–Crippen MR) is 75.2 cm³/mol. The van der Waals surface area contributed by atoms with Gasteiger partial charge in [0.2, 0.25) is 11.4 Å². The molecule has 1 unspecified atom stereocenters. The van der Waals surface area contributed by atoms with Crippen molar-refractivity contribution in [1.82, 2.24) is 4.90 Å². The van der Waals surface area contributed by atoms with E-state index in [2.05, 4.69) is 0 Å². The Balaban J connectivity index is 2.60. The number of carbonyl (C=O) groups excluding carboxylic acids is 2. The number of hydrogen-bond acceptors (Lipinski definition) is 5. The fraction of sp³-hybridized carbons (Fsp3) is 0.867. The summed E-state index contributed by atoms with van der Waals surface area (Å²) in [5.74, 6) is -1.61. The van der Waals surface area contributed by atoms with Crippen molar-refractivity contribution in [3.63, 3.8) is 0 Å². The zero-order valence-corrected chi connectivity index (χ0v) is 13.5. The van der Waals surface area contributed by atoms with Gasteiger partial charge in [-0.25, -0.2) is 0 Å². The number of ketones is 1. The van der Waals surface area contributed by atoms with E-state index in [-0.39, 0.29) is 12.5 Å². The minimum Gasteiger partial charge on any atom is -0.390 e. The molecular formula is C15H25NO5. The van der Waals surface area contributed by atoms with Crippen molar-refractivity contribution in [2.24, 2.45) is 11.3 Å². The van der Waals surface area contributed by atoms with Crippen LogP contribution in [0.3, 0.4) is 0 Å². The lowest BCUT2D eigenvalue weighted by Crippen LogP contribution is -2.61. The molecule has 0 radical (unpaired) electrons. The summed E-state index contributed by atoms with van der Waals surface area (Å²) in [5, 5.41) is 20.9. The molecule has 2 heterocycles. The fourth-order valence-electron chi connectivity index (χ4n) is 3.33. The molecule has 0 bridgehead atoms. The zero-order chi connectivity index (χ0) is 16.4. The maximum absolute atomic E-state index is 12.7. The van der Waals surface area contributed by atoms with Crippen LogP contribution in [-0.4, -0.2) is 56.9 Å². The molecule has 0 aliphatic carbocycles. The highest BCUT2D eigenvalue weighted by atomic mass is 16.5. The molecule has 2 aliphatic heterocycles. The summed E-state index contributed by atoms with van der Waals surface area (Å²) in [6.07, 6.45) is -1.74. The van der Waals surface area contributed by atoms with Crippen LogP contribution in [0.25, 0.3) is 0 Å². The van der Waals surface area contributed by atoms with Gasteiger partial charge in [0.1, 0.15) is 6.23 Å². The van der Waals surface area contributed by atoms with Crippen LogP contribution >= 0.6 is 0 Å². The van der Waals surface area contributed by atoms with Crippen LogP contribution in [0, 0.1) is 11.3 Å². The van der Waals surface area contributed by atoms with Gasteiger partial charge in [0.05, 0.1) is 12.7 Å². The topological polar surface area (TPSA) is 87.1 Å². The summed E-state index contributed by atoms with van der Waals surface area (Å²) in [6, 6.07) is 0. The number of aliphatic hydroxyl groups is 2. The Morgan fingerprint density at radius 3 is 2.29 bits per heavy atom. The van der Waals surface area contributed by atoms with E-state index in [9.17, 15) is 19.8 Å². The first-order valence-corrected chi connectivity index (χ1v) is 7.29. The van der Waals surface area contributed by atoms with Crippen molar-refractivity contribution in [2.75, 3.05) is 6.61 Å². The second-order valence-corrected chi connectivity index (χ2v) is 7.72. The molecule has 0 aromatic rings. The number of Topliss-reactive ketones (excluding diaryl/α,β-unsaturated/α-hetero) is 1. The van der Waals surface area contributed by atoms with E-state index in [0.717, 1.165) is 0 Å². The van der Waals surface area contributed by atoms with Crippen molar-refractivity contribution < 1.29 is 24.5 Å². The molecule has 2 saturated heterocycles. The molecule has 0 aromatic heterocycles. The first-order valence-electron chi connectivity index (χ1n) is 7.29. The summed E-state index contributed by atoms with van der Waals surface area (Å²) in [7, 11) is 0. The lowest BCUT2D eigenvalue weighted by atomic mass is 9.80. The number of aliphatic hydroxyl groups excluding tert-OH is 1. The molecule has 1 amide bonds. The number of nitrogens with zero attached hydrogens (tertiary/aromatic N) is 1. The molecule has 4 atom stereocenters. The van der Waals surface area contributed by atoms with E-state index in [1.165, 1.54) is 11.8 Å². The third-order valence-electron chi connectivity index (χ3n) is 4.46. The van der Waals surface area contributed by atoms with Crippen molar-refractivity contribution in [2.45, 2.75) is 65.0 Å². The van der Waals surface area contributed by atoms with Gasteiger partial charge in [-0.2, -0.15) is 0 Å².